The second-order valence-electron chi connectivity index (χ2n) is 3.76. The van der Waals surface area contributed by atoms with Crippen LogP contribution in [0.2, 0.25) is 0 Å². The molecule has 0 aromatic carbocycles. The summed E-state index contributed by atoms with van der Waals surface area (Å²) < 4.78 is 0. The molecule has 0 bridgehead atoms. The molecule has 0 aromatic heterocycles. The Morgan fingerprint density at radius 1 is 1.46 bits per heavy atom. The van der Waals surface area contributed by atoms with E-state index in [2.05, 4.69) is 10.6 Å². The molecule has 1 unspecified atom stereocenters. The van der Waals surface area contributed by atoms with Gasteiger partial charge in [-0.2, -0.15) is 0 Å². The molecule has 3 heteroatoms. The van der Waals surface area contributed by atoms with Crippen LogP contribution in [-0.4, -0.2) is 26.0 Å². The largest absolute Gasteiger partial charge is 0.359 e. The Hall–Kier alpha value is -0.570. The minimum atomic E-state index is 0.178. The fourth-order valence-corrected chi connectivity index (χ4v) is 1.84. The third kappa shape index (κ3) is 4.27. The van der Waals surface area contributed by atoms with Crippen LogP contribution in [0.1, 0.15) is 32.1 Å². The fourth-order valence-electron chi connectivity index (χ4n) is 1.84. The second kappa shape index (κ2) is 5.97. The van der Waals surface area contributed by atoms with Crippen molar-refractivity contribution in [3.8, 4) is 0 Å². The van der Waals surface area contributed by atoms with Crippen molar-refractivity contribution in [3.05, 3.63) is 0 Å². The van der Waals surface area contributed by atoms with Gasteiger partial charge in [-0.25, -0.2) is 0 Å². The first kappa shape index (κ1) is 10.5. The quantitative estimate of drug-likeness (QED) is 0.684. The highest BCUT2D eigenvalue weighted by molar-refractivity contribution is 5.75. The van der Waals surface area contributed by atoms with Crippen LogP contribution in [0.4, 0.5) is 0 Å². The Bertz CT molecular complexity index is 151. The highest BCUT2D eigenvalue weighted by atomic mass is 16.1. The third-order valence-electron chi connectivity index (χ3n) is 2.75. The monoisotopic (exact) mass is 184 g/mol. The molecule has 13 heavy (non-hydrogen) atoms. The number of nitrogens with one attached hydrogen (secondary N) is 2. The van der Waals surface area contributed by atoms with Crippen molar-refractivity contribution in [1.82, 2.24) is 10.6 Å². The molecule has 1 fully saturated rings. The number of hydrogen-bond acceptors (Lipinski definition) is 2. The number of amides is 1. The van der Waals surface area contributed by atoms with Gasteiger partial charge >= 0.3 is 0 Å². The van der Waals surface area contributed by atoms with Crippen molar-refractivity contribution in [2.75, 3.05) is 20.1 Å². The van der Waals surface area contributed by atoms with Crippen molar-refractivity contribution in [1.29, 1.82) is 0 Å². The Labute approximate surface area is 80.3 Å². The molecule has 1 rings (SSSR count). The van der Waals surface area contributed by atoms with Crippen molar-refractivity contribution in [2.45, 2.75) is 32.1 Å². The summed E-state index contributed by atoms with van der Waals surface area (Å²) in [6.45, 7) is 2.27. The molecule has 2 N–H and O–H groups in total. The Morgan fingerprint density at radius 2 is 2.31 bits per heavy atom. The number of carbonyl (C=O) groups is 1. The predicted octanol–water partition coefficient (Wildman–Crippen LogP) is 0.902. The van der Waals surface area contributed by atoms with E-state index in [1.54, 1.807) is 7.05 Å². The van der Waals surface area contributed by atoms with Gasteiger partial charge in [-0.05, 0) is 44.7 Å². The van der Waals surface area contributed by atoms with Crippen molar-refractivity contribution in [2.24, 2.45) is 5.92 Å². The Morgan fingerprint density at radius 3 is 3.08 bits per heavy atom. The normalized spacial score (nSPS) is 23.6. The SMILES string of the molecule is CNC(=O)CCC1CCCNCC1. The van der Waals surface area contributed by atoms with Crippen LogP contribution in [0.3, 0.4) is 0 Å². The van der Waals surface area contributed by atoms with E-state index in [0.29, 0.717) is 6.42 Å². The van der Waals surface area contributed by atoms with Crippen LogP contribution in [0, 0.1) is 5.92 Å². The summed E-state index contributed by atoms with van der Waals surface area (Å²) in [4.78, 5) is 11.0. The first-order chi connectivity index (χ1) is 6.33. The van der Waals surface area contributed by atoms with Gasteiger partial charge in [0.2, 0.25) is 5.91 Å². The lowest BCUT2D eigenvalue weighted by molar-refractivity contribution is -0.120. The van der Waals surface area contributed by atoms with E-state index >= 15 is 0 Å². The Balaban J connectivity index is 2.15. The lowest BCUT2D eigenvalue weighted by Crippen LogP contribution is -2.19. The maximum atomic E-state index is 11.0. The fraction of sp³-hybridized carbons (Fsp3) is 0.900. The highest BCUT2D eigenvalue weighted by Gasteiger charge is 2.12. The van der Waals surface area contributed by atoms with Gasteiger partial charge in [0.05, 0.1) is 0 Å². The van der Waals surface area contributed by atoms with Gasteiger partial charge in [-0.15, -0.1) is 0 Å². The van der Waals surface area contributed by atoms with Gasteiger partial charge in [0, 0.05) is 13.5 Å². The first-order valence-electron chi connectivity index (χ1n) is 5.24. The summed E-state index contributed by atoms with van der Waals surface area (Å²) in [5.41, 5.74) is 0. The minimum absolute atomic E-state index is 0.178. The van der Waals surface area contributed by atoms with Crippen molar-refractivity contribution < 1.29 is 4.79 Å². The standard InChI is InChI=1S/C10H20N2O/c1-11-10(13)5-4-9-3-2-7-12-8-6-9/h9,12H,2-8H2,1H3,(H,11,13). The van der Waals surface area contributed by atoms with Crippen LogP contribution in [-0.2, 0) is 4.79 Å². The molecule has 1 atom stereocenters. The van der Waals surface area contributed by atoms with E-state index < -0.39 is 0 Å². The zero-order chi connectivity index (χ0) is 9.52. The molecule has 3 nitrogen and oxygen atoms in total. The maximum absolute atomic E-state index is 11.0. The van der Waals surface area contributed by atoms with Gasteiger partial charge in [-0.1, -0.05) is 0 Å². The molecular formula is C10H20N2O. The molecule has 0 saturated carbocycles. The lowest BCUT2D eigenvalue weighted by Gasteiger charge is -2.12. The summed E-state index contributed by atoms with van der Waals surface area (Å²) in [6, 6.07) is 0. The van der Waals surface area contributed by atoms with E-state index in [4.69, 9.17) is 0 Å². The number of carbonyl (C=O) groups excluding carboxylic acids is 1. The molecule has 1 amide bonds. The molecule has 0 spiro atoms. The second-order valence-corrected chi connectivity index (χ2v) is 3.76. The smallest absolute Gasteiger partial charge is 0.219 e. The van der Waals surface area contributed by atoms with Crippen LogP contribution < -0.4 is 10.6 Å². The summed E-state index contributed by atoms with van der Waals surface area (Å²) in [7, 11) is 1.71. The van der Waals surface area contributed by atoms with Gasteiger partial charge in [0.15, 0.2) is 0 Å². The number of hydrogen-bond donors (Lipinski definition) is 2. The zero-order valence-electron chi connectivity index (χ0n) is 8.44. The predicted molar refractivity (Wildman–Crippen MR) is 53.5 cm³/mol. The van der Waals surface area contributed by atoms with E-state index in [-0.39, 0.29) is 5.91 Å². The summed E-state index contributed by atoms with van der Waals surface area (Å²) >= 11 is 0. The molecular weight excluding hydrogens is 164 g/mol. The van der Waals surface area contributed by atoms with E-state index in [0.717, 1.165) is 25.4 Å². The van der Waals surface area contributed by atoms with Crippen LogP contribution in [0.15, 0.2) is 0 Å². The van der Waals surface area contributed by atoms with Crippen molar-refractivity contribution in [3.63, 3.8) is 0 Å². The summed E-state index contributed by atoms with van der Waals surface area (Å²) in [5.74, 6) is 0.935. The highest BCUT2D eigenvalue weighted by Crippen LogP contribution is 2.18. The molecule has 0 aliphatic carbocycles. The lowest BCUT2D eigenvalue weighted by atomic mass is 9.95. The average molecular weight is 184 g/mol. The first-order valence-corrected chi connectivity index (χ1v) is 5.24. The maximum Gasteiger partial charge on any atom is 0.219 e. The topological polar surface area (TPSA) is 41.1 Å². The zero-order valence-corrected chi connectivity index (χ0v) is 8.44. The van der Waals surface area contributed by atoms with E-state index in [1.807, 2.05) is 0 Å². The van der Waals surface area contributed by atoms with Gasteiger partial charge in [0.25, 0.3) is 0 Å². The van der Waals surface area contributed by atoms with Crippen LogP contribution in [0.25, 0.3) is 0 Å². The third-order valence-corrected chi connectivity index (χ3v) is 2.75. The molecule has 0 aromatic rings. The molecule has 1 heterocycles. The van der Waals surface area contributed by atoms with Gasteiger partial charge in [0.1, 0.15) is 0 Å². The molecule has 76 valence electrons. The average Bonchev–Trinajstić information content (AvgIpc) is 2.42. The molecule has 1 aliphatic rings. The van der Waals surface area contributed by atoms with Gasteiger partial charge in [-0.3, -0.25) is 4.79 Å². The number of rotatable bonds is 3. The Kier molecular flexibility index (Phi) is 4.83. The van der Waals surface area contributed by atoms with Crippen LogP contribution >= 0.6 is 0 Å². The van der Waals surface area contributed by atoms with Gasteiger partial charge < -0.3 is 10.6 Å². The molecule has 1 aliphatic heterocycles. The van der Waals surface area contributed by atoms with Crippen LogP contribution in [0.5, 0.6) is 0 Å². The van der Waals surface area contributed by atoms with E-state index in [9.17, 15) is 4.79 Å². The van der Waals surface area contributed by atoms with E-state index in [1.165, 1.54) is 19.3 Å². The molecule has 1 saturated heterocycles. The summed E-state index contributed by atoms with van der Waals surface area (Å²) in [5, 5.41) is 6.04. The minimum Gasteiger partial charge on any atom is -0.359 e. The summed E-state index contributed by atoms with van der Waals surface area (Å²) in [6.07, 6.45) is 5.53. The van der Waals surface area contributed by atoms with Crippen molar-refractivity contribution >= 4 is 5.91 Å². The molecule has 0 radical (unpaired) electrons.